The molecular weight excluding hydrogens is 274 g/mol. The van der Waals surface area contributed by atoms with Gasteiger partial charge in [-0.3, -0.25) is 0 Å². The van der Waals surface area contributed by atoms with E-state index in [9.17, 15) is 0 Å². The predicted molar refractivity (Wildman–Crippen MR) is 94.5 cm³/mol. The van der Waals surface area contributed by atoms with Crippen molar-refractivity contribution in [3.63, 3.8) is 0 Å². The number of aliphatic imine (C=N–C) groups is 1. The molecule has 0 radical (unpaired) electrons. The van der Waals surface area contributed by atoms with E-state index in [1.807, 2.05) is 0 Å². The number of isothiocyanates is 1. The summed E-state index contributed by atoms with van der Waals surface area (Å²) in [6, 6.07) is 8.53. The van der Waals surface area contributed by atoms with Gasteiger partial charge in [-0.15, -0.1) is 0 Å². The van der Waals surface area contributed by atoms with Crippen molar-refractivity contribution in [3.8, 4) is 0 Å². The van der Waals surface area contributed by atoms with E-state index >= 15 is 0 Å². The van der Waals surface area contributed by atoms with E-state index in [4.69, 9.17) is 0 Å². The third-order valence-corrected chi connectivity index (χ3v) is 4.70. The minimum Gasteiger partial charge on any atom is -0.195 e. The van der Waals surface area contributed by atoms with Crippen LogP contribution in [-0.4, -0.2) is 5.16 Å². The molecule has 0 aliphatic heterocycles. The third kappa shape index (κ3) is 5.22. The zero-order valence-electron chi connectivity index (χ0n) is 12.9. The number of thiocarbonyl (C=S) groups is 1. The number of nitrogens with zero attached hydrogens (tertiary/aromatic N) is 1. The lowest BCUT2D eigenvalue weighted by Crippen LogP contribution is -2.13. The molecule has 0 heterocycles. The molecule has 0 saturated heterocycles. The fraction of sp³-hybridized carbons (Fsp3) is 0.526. The van der Waals surface area contributed by atoms with Crippen molar-refractivity contribution in [3.05, 3.63) is 42.0 Å². The smallest absolute Gasteiger partial charge is 0.0739 e. The van der Waals surface area contributed by atoms with Crippen molar-refractivity contribution < 1.29 is 0 Å². The van der Waals surface area contributed by atoms with E-state index in [0.29, 0.717) is 0 Å². The number of benzene rings is 1. The first-order valence-electron chi connectivity index (χ1n) is 8.12. The van der Waals surface area contributed by atoms with Gasteiger partial charge >= 0.3 is 0 Å². The standard InChI is InChI=1S/C19H25NS/c1-2-3-4-5-6-16-7-9-17(10-8-16)18-11-13-19(14-12-18)20-15-21/h2-3,11-14,16-17H,4-10H2,1H3/b3-2-. The highest BCUT2D eigenvalue weighted by Gasteiger charge is 2.21. The summed E-state index contributed by atoms with van der Waals surface area (Å²) in [5.41, 5.74) is 2.37. The molecule has 1 aliphatic carbocycles. The maximum Gasteiger partial charge on any atom is 0.0739 e. The van der Waals surface area contributed by atoms with Crippen LogP contribution in [0.5, 0.6) is 0 Å². The second-order valence-electron chi connectivity index (χ2n) is 6.01. The minimum absolute atomic E-state index is 0.738. The molecule has 0 unspecified atom stereocenters. The van der Waals surface area contributed by atoms with Crippen LogP contribution in [0.15, 0.2) is 41.4 Å². The molecule has 0 spiro atoms. The van der Waals surface area contributed by atoms with E-state index in [0.717, 1.165) is 17.5 Å². The largest absolute Gasteiger partial charge is 0.195 e. The van der Waals surface area contributed by atoms with Crippen LogP contribution in [0.2, 0.25) is 0 Å². The molecule has 21 heavy (non-hydrogen) atoms. The summed E-state index contributed by atoms with van der Waals surface area (Å²) in [4.78, 5) is 4.01. The number of allylic oxidation sites excluding steroid dienone is 2. The van der Waals surface area contributed by atoms with Gasteiger partial charge in [0.05, 0.1) is 10.8 Å². The zero-order valence-corrected chi connectivity index (χ0v) is 13.7. The molecule has 0 amide bonds. The van der Waals surface area contributed by atoms with Crippen molar-refractivity contribution >= 4 is 23.1 Å². The monoisotopic (exact) mass is 299 g/mol. The Morgan fingerprint density at radius 1 is 1.19 bits per heavy atom. The van der Waals surface area contributed by atoms with Crippen molar-refractivity contribution in [2.75, 3.05) is 0 Å². The van der Waals surface area contributed by atoms with E-state index in [-0.39, 0.29) is 0 Å². The molecule has 0 N–H and O–H groups in total. The molecule has 1 nitrogen and oxygen atoms in total. The molecule has 1 aromatic carbocycles. The molecule has 112 valence electrons. The van der Waals surface area contributed by atoms with Crippen molar-refractivity contribution in [2.24, 2.45) is 10.9 Å². The summed E-state index contributed by atoms with van der Waals surface area (Å²) in [7, 11) is 0. The van der Waals surface area contributed by atoms with E-state index in [1.54, 1.807) is 0 Å². The topological polar surface area (TPSA) is 12.4 Å². The normalized spacial score (nSPS) is 22.1. The molecule has 0 aromatic heterocycles. The summed E-state index contributed by atoms with van der Waals surface area (Å²) >= 11 is 4.64. The molecule has 2 heteroatoms. The first-order valence-corrected chi connectivity index (χ1v) is 8.53. The van der Waals surface area contributed by atoms with E-state index in [2.05, 4.69) is 65.7 Å². The minimum atomic E-state index is 0.738. The molecule has 0 bridgehead atoms. The average Bonchev–Trinajstić information content (AvgIpc) is 2.53. The Balaban J connectivity index is 1.79. The number of unbranched alkanes of at least 4 members (excludes halogenated alkanes) is 1. The summed E-state index contributed by atoms with van der Waals surface area (Å²) < 4.78 is 0. The lowest BCUT2D eigenvalue weighted by atomic mass is 9.77. The van der Waals surface area contributed by atoms with Gasteiger partial charge < -0.3 is 0 Å². The van der Waals surface area contributed by atoms with Gasteiger partial charge in [0.15, 0.2) is 0 Å². The van der Waals surface area contributed by atoms with E-state index in [1.165, 1.54) is 50.5 Å². The number of hydrogen-bond acceptors (Lipinski definition) is 2. The maximum atomic E-state index is 4.64. The van der Waals surface area contributed by atoms with Crippen LogP contribution in [-0.2, 0) is 0 Å². The Hall–Kier alpha value is -1.24. The molecule has 0 atom stereocenters. The first kappa shape index (κ1) is 16.1. The highest BCUT2D eigenvalue weighted by atomic mass is 32.1. The van der Waals surface area contributed by atoms with Gasteiger partial charge in [-0.1, -0.05) is 30.7 Å². The second kappa shape index (κ2) is 8.92. The summed E-state index contributed by atoms with van der Waals surface area (Å²) in [5, 5.41) is 2.42. The van der Waals surface area contributed by atoms with E-state index < -0.39 is 0 Å². The fourth-order valence-electron chi connectivity index (χ4n) is 3.35. The summed E-state index contributed by atoms with van der Waals surface area (Å²) in [5.74, 6) is 1.69. The first-order chi connectivity index (χ1) is 10.3. The van der Waals surface area contributed by atoms with Crippen LogP contribution in [0.25, 0.3) is 0 Å². The Morgan fingerprint density at radius 3 is 2.52 bits per heavy atom. The Bertz CT molecular complexity index is 489. The number of hydrogen-bond donors (Lipinski definition) is 0. The third-order valence-electron chi connectivity index (χ3n) is 4.60. The average molecular weight is 299 g/mol. The Morgan fingerprint density at radius 2 is 1.90 bits per heavy atom. The van der Waals surface area contributed by atoms with Crippen molar-refractivity contribution in [1.29, 1.82) is 0 Å². The van der Waals surface area contributed by atoms with Crippen molar-refractivity contribution in [2.45, 2.75) is 57.8 Å². The molecule has 2 rings (SSSR count). The summed E-state index contributed by atoms with van der Waals surface area (Å²) in [6.07, 6.45) is 13.9. The van der Waals surface area contributed by atoms with Crippen molar-refractivity contribution in [1.82, 2.24) is 0 Å². The highest BCUT2D eigenvalue weighted by molar-refractivity contribution is 7.78. The molecular formula is C19H25NS. The van der Waals surface area contributed by atoms with Gasteiger partial charge in [0.1, 0.15) is 0 Å². The van der Waals surface area contributed by atoms with Crippen LogP contribution >= 0.6 is 12.2 Å². The maximum absolute atomic E-state index is 4.64. The predicted octanol–water partition coefficient (Wildman–Crippen LogP) is 6.44. The van der Waals surface area contributed by atoms with Crippen LogP contribution < -0.4 is 0 Å². The molecule has 1 saturated carbocycles. The quantitative estimate of drug-likeness (QED) is 0.255. The van der Waals surface area contributed by atoms with Crippen LogP contribution in [0.1, 0.15) is 63.4 Å². The van der Waals surface area contributed by atoms with Gasteiger partial charge in [0.2, 0.25) is 0 Å². The van der Waals surface area contributed by atoms with Crippen LogP contribution in [0.4, 0.5) is 5.69 Å². The fourth-order valence-corrected chi connectivity index (χ4v) is 3.45. The summed E-state index contributed by atoms with van der Waals surface area (Å²) in [6.45, 7) is 2.11. The SMILES string of the molecule is C/C=C\CCCC1CCC(c2ccc(N=C=S)cc2)CC1. The van der Waals surface area contributed by atoms with Gasteiger partial charge in [0, 0.05) is 0 Å². The molecule has 1 fully saturated rings. The van der Waals surface area contributed by atoms with Gasteiger partial charge in [-0.25, -0.2) is 0 Å². The van der Waals surface area contributed by atoms with Gasteiger partial charge in [0.25, 0.3) is 0 Å². The van der Waals surface area contributed by atoms with Crippen LogP contribution in [0, 0.1) is 5.92 Å². The number of rotatable bonds is 6. The lowest BCUT2D eigenvalue weighted by Gasteiger charge is -2.28. The van der Waals surface area contributed by atoms with Gasteiger partial charge in [-0.2, -0.15) is 4.99 Å². The van der Waals surface area contributed by atoms with Crippen LogP contribution in [0.3, 0.4) is 0 Å². The second-order valence-corrected chi connectivity index (χ2v) is 6.19. The Labute approximate surface area is 134 Å². The highest BCUT2D eigenvalue weighted by Crippen LogP contribution is 2.38. The molecule has 1 aromatic rings. The zero-order chi connectivity index (χ0) is 14.9. The van der Waals surface area contributed by atoms with Gasteiger partial charge in [-0.05, 0) is 87.2 Å². The molecule has 1 aliphatic rings. The lowest BCUT2D eigenvalue weighted by molar-refractivity contribution is 0.305. The Kier molecular flexibility index (Phi) is 6.85.